The molecule has 0 spiro atoms. The molecule has 0 bridgehead atoms. The number of rotatable bonds is 4. The second-order valence-corrected chi connectivity index (χ2v) is 6.22. The fourth-order valence-corrected chi connectivity index (χ4v) is 3.23. The summed E-state index contributed by atoms with van der Waals surface area (Å²) in [6.07, 6.45) is 5.17. The number of nitrogens with zero attached hydrogens (tertiary/aromatic N) is 1. The maximum Gasteiger partial charge on any atom is 0.253 e. The summed E-state index contributed by atoms with van der Waals surface area (Å²) >= 11 is 6.01. The minimum atomic E-state index is -0.468. The Morgan fingerprint density at radius 3 is 2.79 bits per heavy atom. The molecule has 4 nitrogen and oxygen atoms in total. The molecule has 0 saturated carbocycles. The number of amides is 1. The van der Waals surface area contributed by atoms with E-state index >= 15 is 0 Å². The van der Waals surface area contributed by atoms with Crippen molar-refractivity contribution in [1.29, 1.82) is 0 Å². The van der Waals surface area contributed by atoms with Crippen LogP contribution < -0.4 is 5.32 Å². The molecule has 1 aliphatic heterocycles. The second kappa shape index (κ2) is 7.73. The Labute approximate surface area is 145 Å². The topological polar surface area (TPSA) is 51.2 Å². The number of aromatic nitrogens is 1. The number of benzene rings is 1. The van der Waals surface area contributed by atoms with E-state index in [9.17, 15) is 9.18 Å². The van der Waals surface area contributed by atoms with Gasteiger partial charge in [-0.25, -0.2) is 4.39 Å². The molecule has 1 unspecified atom stereocenters. The van der Waals surface area contributed by atoms with Crippen molar-refractivity contribution in [2.45, 2.75) is 18.9 Å². The lowest BCUT2D eigenvalue weighted by Gasteiger charge is -2.31. The first-order valence-corrected chi connectivity index (χ1v) is 8.26. The van der Waals surface area contributed by atoms with Gasteiger partial charge in [0.15, 0.2) is 0 Å². The highest BCUT2D eigenvalue weighted by Gasteiger charge is 2.28. The summed E-state index contributed by atoms with van der Waals surface area (Å²) in [5, 5.41) is 3.14. The van der Waals surface area contributed by atoms with Crippen molar-refractivity contribution in [3.8, 4) is 0 Å². The van der Waals surface area contributed by atoms with E-state index in [1.54, 1.807) is 12.4 Å². The minimum Gasteiger partial charge on any atom is -0.381 e. The third-order valence-electron chi connectivity index (χ3n) is 4.24. The zero-order valence-corrected chi connectivity index (χ0v) is 13.8. The van der Waals surface area contributed by atoms with Gasteiger partial charge in [-0.2, -0.15) is 0 Å². The quantitative estimate of drug-likeness (QED) is 0.915. The molecule has 1 fully saturated rings. The molecular weight excluding hydrogens is 331 g/mol. The first-order valence-electron chi connectivity index (χ1n) is 7.89. The van der Waals surface area contributed by atoms with E-state index in [1.165, 1.54) is 12.1 Å². The number of carbonyl (C=O) groups is 1. The van der Waals surface area contributed by atoms with Crippen LogP contribution >= 0.6 is 11.6 Å². The number of ether oxygens (including phenoxy) is 1. The van der Waals surface area contributed by atoms with Gasteiger partial charge in [-0.3, -0.25) is 9.78 Å². The van der Waals surface area contributed by atoms with E-state index in [1.807, 2.05) is 12.1 Å². The molecule has 2 aromatic rings. The predicted molar refractivity (Wildman–Crippen MR) is 89.4 cm³/mol. The summed E-state index contributed by atoms with van der Waals surface area (Å²) in [6.45, 7) is 1.35. The summed E-state index contributed by atoms with van der Waals surface area (Å²) in [5.41, 5.74) is 1.20. The number of pyridine rings is 1. The molecular formula is C18H18ClFN2O2. The van der Waals surface area contributed by atoms with Crippen LogP contribution in [0.15, 0.2) is 42.7 Å². The van der Waals surface area contributed by atoms with Crippen LogP contribution in [-0.4, -0.2) is 24.1 Å². The smallest absolute Gasteiger partial charge is 0.253 e. The van der Waals surface area contributed by atoms with Gasteiger partial charge in [-0.1, -0.05) is 17.7 Å². The molecule has 1 aromatic heterocycles. The van der Waals surface area contributed by atoms with Gasteiger partial charge in [0, 0.05) is 25.6 Å². The standard InChI is InChI=1S/C18H18ClFN2O2/c19-16-10-14(20)3-4-15(16)18(23)22-17(12-5-8-24-9-6-12)13-2-1-7-21-11-13/h1-4,7,10-12,17H,5-6,8-9H2,(H,22,23). The molecule has 6 heteroatoms. The summed E-state index contributed by atoms with van der Waals surface area (Å²) < 4.78 is 18.6. The Morgan fingerprint density at radius 1 is 1.33 bits per heavy atom. The maximum atomic E-state index is 13.2. The fraction of sp³-hybridized carbons (Fsp3) is 0.333. The van der Waals surface area contributed by atoms with Crippen LogP contribution in [0.2, 0.25) is 5.02 Å². The second-order valence-electron chi connectivity index (χ2n) is 5.81. The third kappa shape index (κ3) is 3.91. The number of carbonyl (C=O) groups excluding carboxylic acids is 1. The largest absolute Gasteiger partial charge is 0.381 e. The molecule has 0 aliphatic carbocycles. The Morgan fingerprint density at radius 2 is 2.12 bits per heavy atom. The van der Waals surface area contributed by atoms with Gasteiger partial charge in [-0.15, -0.1) is 0 Å². The van der Waals surface area contributed by atoms with Crippen LogP contribution in [0.1, 0.15) is 34.8 Å². The van der Waals surface area contributed by atoms with Crippen LogP contribution in [0.3, 0.4) is 0 Å². The number of halogens is 2. The van der Waals surface area contributed by atoms with Crippen LogP contribution in [-0.2, 0) is 4.74 Å². The summed E-state index contributed by atoms with van der Waals surface area (Å²) in [5.74, 6) is -0.531. The molecule has 2 heterocycles. The summed E-state index contributed by atoms with van der Waals surface area (Å²) in [4.78, 5) is 16.8. The van der Waals surface area contributed by atoms with Gasteiger partial charge in [0.05, 0.1) is 16.6 Å². The molecule has 1 saturated heterocycles. The maximum absolute atomic E-state index is 13.2. The predicted octanol–water partition coefficient (Wildman–Crippen LogP) is 3.77. The van der Waals surface area contributed by atoms with E-state index in [0.29, 0.717) is 13.2 Å². The van der Waals surface area contributed by atoms with Crippen molar-refractivity contribution >= 4 is 17.5 Å². The van der Waals surface area contributed by atoms with Crippen molar-refractivity contribution in [3.05, 3.63) is 64.7 Å². The Kier molecular flexibility index (Phi) is 5.43. The molecule has 1 atom stereocenters. The molecule has 1 N–H and O–H groups in total. The highest BCUT2D eigenvalue weighted by atomic mass is 35.5. The lowest BCUT2D eigenvalue weighted by molar-refractivity contribution is 0.0513. The van der Waals surface area contributed by atoms with Gasteiger partial charge in [0.25, 0.3) is 5.91 Å². The van der Waals surface area contributed by atoms with E-state index in [4.69, 9.17) is 16.3 Å². The number of hydrogen-bond donors (Lipinski definition) is 1. The summed E-state index contributed by atoms with van der Waals surface area (Å²) in [7, 11) is 0. The fourth-order valence-electron chi connectivity index (χ4n) is 2.98. The summed E-state index contributed by atoms with van der Waals surface area (Å²) in [6, 6.07) is 7.38. The van der Waals surface area contributed by atoms with Crippen molar-refractivity contribution in [1.82, 2.24) is 10.3 Å². The van der Waals surface area contributed by atoms with Crippen molar-refractivity contribution in [2.75, 3.05) is 13.2 Å². The van der Waals surface area contributed by atoms with Crippen LogP contribution in [0.4, 0.5) is 4.39 Å². The average molecular weight is 349 g/mol. The number of nitrogens with one attached hydrogen (secondary N) is 1. The van der Waals surface area contributed by atoms with Crippen LogP contribution in [0, 0.1) is 11.7 Å². The lowest BCUT2D eigenvalue weighted by Crippen LogP contribution is -2.36. The molecule has 3 rings (SSSR count). The van der Waals surface area contributed by atoms with Crippen molar-refractivity contribution in [3.63, 3.8) is 0 Å². The highest BCUT2D eigenvalue weighted by molar-refractivity contribution is 6.33. The van der Waals surface area contributed by atoms with Gasteiger partial charge in [-0.05, 0) is 48.6 Å². The monoisotopic (exact) mass is 348 g/mol. The van der Waals surface area contributed by atoms with Crippen LogP contribution in [0.5, 0.6) is 0 Å². The Hall–Kier alpha value is -1.98. The van der Waals surface area contributed by atoms with Crippen molar-refractivity contribution < 1.29 is 13.9 Å². The third-order valence-corrected chi connectivity index (χ3v) is 4.56. The van der Waals surface area contributed by atoms with Gasteiger partial charge < -0.3 is 10.1 Å². The molecule has 24 heavy (non-hydrogen) atoms. The van der Waals surface area contributed by atoms with E-state index < -0.39 is 5.82 Å². The zero-order chi connectivity index (χ0) is 16.9. The van der Waals surface area contributed by atoms with Gasteiger partial charge in [0.2, 0.25) is 0 Å². The average Bonchev–Trinajstić information content (AvgIpc) is 2.61. The molecule has 126 valence electrons. The minimum absolute atomic E-state index is 0.101. The van der Waals surface area contributed by atoms with E-state index in [0.717, 1.165) is 24.5 Å². The van der Waals surface area contributed by atoms with E-state index in [2.05, 4.69) is 10.3 Å². The zero-order valence-electron chi connectivity index (χ0n) is 13.0. The van der Waals surface area contributed by atoms with E-state index in [-0.39, 0.29) is 28.5 Å². The molecule has 0 radical (unpaired) electrons. The van der Waals surface area contributed by atoms with Gasteiger partial charge >= 0.3 is 0 Å². The van der Waals surface area contributed by atoms with Crippen molar-refractivity contribution in [2.24, 2.45) is 5.92 Å². The molecule has 1 amide bonds. The Bertz CT molecular complexity index is 705. The first-order chi connectivity index (χ1) is 11.6. The molecule has 1 aliphatic rings. The van der Waals surface area contributed by atoms with Crippen LogP contribution in [0.25, 0.3) is 0 Å². The van der Waals surface area contributed by atoms with Gasteiger partial charge in [0.1, 0.15) is 5.82 Å². The molecule has 1 aromatic carbocycles. The Balaban J connectivity index is 1.84. The normalized spacial score (nSPS) is 16.6. The SMILES string of the molecule is O=C(NC(c1cccnc1)C1CCOCC1)c1ccc(F)cc1Cl. The lowest BCUT2D eigenvalue weighted by atomic mass is 9.87. The number of hydrogen-bond acceptors (Lipinski definition) is 3. The highest BCUT2D eigenvalue weighted by Crippen LogP contribution is 2.30. The first kappa shape index (κ1) is 16.9.